The standard InChI is InChI=1S/C16H21ClN4O/c17-15-7-2-1-6-14(15)16(22)10-20-8-4-3-5-13(20)9-21-12-18-11-19-21/h1-2,6-7,11-13,16,22H,3-5,8-10H2. The lowest BCUT2D eigenvalue weighted by atomic mass is 10.00. The van der Waals surface area contributed by atoms with Crippen molar-refractivity contribution in [2.75, 3.05) is 13.1 Å². The Labute approximate surface area is 135 Å². The van der Waals surface area contributed by atoms with Gasteiger partial charge in [0.1, 0.15) is 12.7 Å². The van der Waals surface area contributed by atoms with E-state index in [1.165, 1.54) is 12.8 Å². The molecule has 0 radical (unpaired) electrons. The summed E-state index contributed by atoms with van der Waals surface area (Å²) >= 11 is 6.19. The van der Waals surface area contributed by atoms with Gasteiger partial charge in [0.25, 0.3) is 0 Å². The molecule has 2 atom stereocenters. The average molecular weight is 321 g/mol. The minimum absolute atomic E-state index is 0.382. The van der Waals surface area contributed by atoms with Crippen LogP contribution in [0.15, 0.2) is 36.9 Å². The molecule has 3 rings (SSSR count). The van der Waals surface area contributed by atoms with Crippen LogP contribution in [0.25, 0.3) is 0 Å². The van der Waals surface area contributed by atoms with Crippen LogP contribution in [0.3, 0.4) is 0 Å². The third-order valence-corrected chi connectivity index (χ3v) is 4.63. The highest BCUT2D eigenvalue weighted by Gasteiger charge is 2.26. The average Bonchev–Trinajstić information content (AvgIpc) is 3.02. The molecule has 0 amide bonds. The van der Waals surface area contributed by atoms with Gasteiger partial charge in [-0.15, -0.1) is 0 Å². The number of rotatable bonds is 5. The Bertz CT molecular complexity index is 590. The van der Waals surface area contributed by atoms with E-state index in [1.807, 2.05) is 28.9 Å². The molecule has 2 aromatic rings. The van der Waals surface area contributed by atoms with E-state index in [0.717, 1.165) is 25.1 Å². The maximum atomic E-state index is 10.5. The number of nitrogens with zero attached hydrogens (tertiary/aromatic N) is 4. The summed E-state index contributed by atoms with van der Waals surface area (Å²) in [4.78, 5) is 6.35. The van der Waals surface area contributed by atoms with Crippen molar-refractivity contribution >= 4 is 11.6 Å². The number of halogens is 1. The van der Waals surface area contributed by atoms with Crippen LogP contribution in [0.1, 0.15) is 30.9 Å². The van der Waals surface area contributed by atoms with Crippen molar-refractivity contribution in [3.05, 3.63) is 47.5 Å². The minimum Gasteiger partial charge on any atom is -0.387 e. The zero-order valence-electron chi connectivity index (χ0n) is 12.5. The first kappa shape index (κ1) is 15.5. The maximum Gasteiger partial charge on any atom is 0.137 e. The van der Waals surface area contributed by atoms with E-state index in [1.54, 1.807) is 12.7 Å². The van der Waals surface area contributed by atoms with Crippen LogP contribution in [0, 0.1) is 0 Å². The second-order valence-corrected chi connectivity index (χ2v) is 6.21. The van der Waals surface area contributed by atoms with Gasteiger partial charge in [0, 0.05) is 23.2 Å². The Morgan fingerprint density at radius 1 is 1.32 bits per heavy atom. The van der Waals surface area contributed by atoms with E-state index in [-0.39, 0.29) is 0 Å². The summed E-state index contributed by atoms with van der Waals surface area (Å²) in [5.41, 5.74) is 0.800. The number of aliphatic hydroxyl groups excluding tert-OH is 1. The monoisotopic (exact) mass is 320 g/mol. The van der Waals surface area contributed by atoms with Crippen LogP contribution in [0.5, 0.6) is 0 Å². The van der Waals surface area contributed by atoms with Crippen LogP contribution in [0.4, 0.5) is 0 Å². The summed E-state index contributed by atoms with van der Waals surface area (Å²) in [5, 5.41) is 15.4. The molecule has 1 saturated heterocycles. The number of aliphatic hydroxyl groups is 1. The molecule has 1 aliphatic heterocycles. The molecule has 5 nitrogen and oxygen atoms in total. The number of hydrogen-bond acceptors (Lipinski definition) is 4. The van der Waals surface area contributed by atoms with Crippen molar-refractivity contribution in [2.45, 2.75) is 38.0 Å². The Morgan fingerprint density at radius 3 is 2.95 bits per heavy atom. The zero-order valence-corrected chi connectivity index (χ0v) is 13.2. The Kier molecular flexibility index (Phi) is 5.08. The van der Waals surface area contributed by atoms with Crippen LogP contribution >= 0.6 is 11.6 Å². The number of aromatic nitrogens is 3. The summed E-state index contributed by atoms with van der Waals surface area (Å²) in [6, 6.07) is 7.89. The molecule has 1 aromatic heterocycles. The topological polar surface area (TPSA) is 54.2 Å². The number of likely N-dealkylation sites (tertiary alicyclic amines) is 1. The highest BCUT2D eigenvalue weighted by atomic mass is 35.5. The van der Waals surface area contributed by atoms with Gasteiger partial charge < -0.3 is 5.11 Å². The van der Waals surface area contributed by atoms with Crippen molar-refractivity contribution < 1.29 is 5.11 Å². The van der Waals surface area contributed by atoms with Crippen LogP contribution in [-0.2, 0) is 6.54 Å². The Balaban J connectivity index is 1.67. The van der Waals surface area contributed by atoms with Crippen LogP contribution < -0.4 is 0 Å². The highest BCUT2D eigenvalue weighted by Crippen LogP contribution is 2.26. The fraction of sp³-hybridized carbons (Fsp3) is 0.500. The molecule has 0 aliphatic carbocycles. The SMILES string of the molecule is OC(CN1CCCCC1Cn1cncn1)c1ccccc1Cl. The summed E-state index contributed by atoms with van der Waals surface area (Å²) in [5.74, 6) is 0. The molecule has 2 unspecified atom stereocenters. The van der Waals surface area contributed by atoms with E-state index in [4.69, 9.17) is 11.6 Å². The molecular weight excluding hydrogens is 300 g/mol. The summed E-state index contributed by atoms with van der Waals surface area (Å²) in [7, 11) is 0. The zero-order chi connectivity index (χ0) is 15.4. The van der Waals surface area contributed by atoms with Crippen molar-refractivity contribution in [2.24, 2.45) is 0 Å². The lowest BCUT2D eigenvalue weighted by molar-refractivity contribution is 0.0591. The number of benzene rings is 1. The first-order valence-electron chi connectivity index (χ1n) is 7.73. The molecule has 22 heavy (non-hydrogen) atoms. The Morgan fingerprint density at radius 2 is 2.18 bits per heavy atom. The van der Waals surface area contributed by atoms with E-state index >= 15 is 0 Å². The number of piperidine rings is 1. The van der Waals surface area contributed by atoms with Gasteiger partial charge in [-0.3, -0.25) is 9.58 Å². The molecule has 0 spiro atoms. The summed E-state index contributed by atoms with van der Waals surface area (Å²) in [6.45, 7) is 2.42. The van der Waals surface area contributed by atoms with Gasteiger partial charge in [0.15, 0.2) is 0 Å². The van der Waals surface area contributed by atoms with Gasteiger partial charge in [0.05, 0.1) is 12.6 Å². The lowest BCUT2D eigenvalue weighted by Crippen LogP contribution is -2.44. The fourth-order valence-corrected chi connectivity index (χ4v) is 3.38. The van der Waals surface area contributed by atoms with Crippen LogP contribution in [0.2, 0.25) is 5.02 Å². The van der Waals surface area contributed by atoms with Gasteiger partial charge >= 0.3 is 0 Å². The molecule has 0 saturated carbocycles. The number of β-amino-alcohol motifs (C(OH)–C–C–N with tert-alkyl or cyclic N) is 1. The third kappa shape index (κ3) is 3.66. The first-order valence-corrected chi connectivity index (χ1v) is 8.11. The molecule has 2 heterocycles. The van der Waals surface area contributed by atoms with Gasteiger partial charge in [-0.2, -0.15) is 5.10 Å². The van der Waals surface area contributed by atoms with E-state index in [2.05, 4.69) is 15.0 Å². The lowest BCUT2D eigenvalue weighted by Gasteiger charge is -2.36. The minimum atomic E-state index is -0.565. The van der Waals surface area contributed by atoms with Crippen LogP contribution in [-0.4, -0.2) is 43.9 Å². The smallest absolute Gasteiger partial charge is 0.137 e. The van der Waals surface area contributed by atoms with Crippen molar-refractivity contribution in [1.29, 1.82) is 0 Å². The quantitative estimate of drug-likeness (QED) is 0.919. The molecule has 0 bridgehead atoms. The Hall–Kier alpha value is -1.43. The normalized spacial score (nSPS) is 20.9. The molecule has 118 valence electrons. The molecule has 1 aromatic carbocycles. The van der Waals surface area contributed by atoms with Gasteiger partial charge in [-0.25, -0.2) is 4.98 Å². The summed E-state index contributed by atoms with van der Waals surface area (Å²) in [6.07, 6.45) is 6.25. The predicted octanol–water partition coefficient (Wildman–Crippen LogP) is 2.52. The van der Waals surface area contributed by atoms with E-state index in [0.29, 0.717) is 17.6 Å². The third-order valence-electron chi connectivity index (χ3n) is 4.29. The fourth-order valence-electron chi connectivity index (χ4n) is 3.12. The second kappa shape index (κ2) is 7.22. The predicted molar refractivity (Wildman–Crippen MR) is 85.6 cm³/mol. The first-order chi connectivity index (χ1) is 10.7. The number of hydrogen-bond donors (Lipinski definition) is 1. The van der Waals surface area contributed by atoms with Gasteiger partial charge in [-0.1, -0.05) is 36.2 Å². The van der Waals surface area contributed by atoms with E-state index < -0.39 is 6.10 Å². The maximum absolute atomic E-state index is 10.5. The van der Waals surface area contributed by atoms with Crippen molar-refractivity contribution in [3.63, 3.8) is 0 Å². The van der Waals surface area contributed by atoms with Gasteiger partial charge in [0.2, 0.25) is 0 Å². The molecular formula is C16H21ClN4O. The molecule has 6 heteroatoms. The van der Waals surface area contributed by atoms with Gasteiger partial charge in [-0.05, 0) is 25.5 Å². The molecule has 1 N–H and O–H groups in total. The van der Waals surface area contributed by atoms with Crippen molar-refractivity contribution in [1.82, 2.24) is 19.7 Å². The second-order valence-electron chi connectivity index (χ2n) is 5.80. The summed E-state index contributed by atoms with van der Waals surface area (Å²) < 4.78 is 1.87. The highest BCUT2D eigenvalue weighted by molar-refractivity contribution is 6.31. The largest absolute Gasteiger partial charge is 0.387 e. The van der Waals surface area contributed by atoms with Crippen molar-refractivity contribution in [3.8, 4) is 0 Å². The molecule has 1 fully saturated rings. The van der Waals surface area contributed by atoms with E-state index in [9.17, 15) is 5.11 Å². The molecule has 1 aliphatic rings.